The molecular formula is C13H15N3O3. The topological polar surface area (TPSA) is 77.2 Å². The number of ether oxygens (including phenoxy) is 1. The molecule has 1 amide bonds. The van der Waals surface area contributed by atoms with Gasteiger partial charge in [-0.2, -0.15) is 4.98 Å². The van der Waals surface area contributed by atoms with Gasteiger partial charge in [0.25, 0.3) is 5.91 Å². The van der Waals surface area contributed by atoms with Crippen molar-refractivity contribution in [2.75, 3.05) is 6.61 Å². The van der Waals surface area contributed by atoms with Crippen molar-refractivity contribution in [2.24, 2.45) is 0 Å². The fourth-order valence-electron chi connectivity index (χ4n) is 1.50. The number of nitrogens with zero attached hydrogens (tertiary/aromatic N) is 2. The smallest absolute Gasteiger partial charge is 0.258 e. The first-order valence-corrected chi connectivity index (χ1v) is 5.89. The summed E-state index contributed by atoms with van der Waals surface area (Å²) in [6, 6.07) is 7.52. The monoisotopic (exact) mass is 261 g/mol. The average Bonchev–Trinajstić information content (AvgIpc) is 2.80. The lowest BCUT2D eigenvalue weighted by atomic mass is 10.2. The summed E-state index contributed by atoms with van der Waals surface area (Å²) in [6.45, 7) is 3.85. The molecule has 0 bridgehead atoms. The molecule has 1 aromatic carbocycles. The Hall–Kier alpha value is -2.37. The minimum Gasteiger partial charge on any atom is -0.484 e. The zero-order valence-electron chi connectivity index (χ0n) is 10.8. The normalized spacial score (nSPS) is 10.2. The third-order valence-electron chi connectivity index (χ3n) is 2.37. The largest absolute Gasteiger partial charge is 0.484 e. The van der Waals surface area contributed by atoms with E-state index in [9.17, 15) is 4.79 Å². The molecule has 0 aliphatic rings. The second-order valence-corrected chi connectivity index (χ2v) is 4.11. The summed E-state index contributed by atoms with van der Waals surface area (Å²) in [5.74, 6) is 1.36. The molecule has 19 heavy (non-hydrogen) atoms. The van der Waals surface area contributed by atoms with Gasteiger partial charge in [-0.3, -0.25) is 4.79 Å². The van der Waals surface area contributed by atoms with Crippen LogP contribution in [0.3, 0.4) is 0 Å². The number of aryl methyl sites for hydroxylation is 2. The molecule has 0 radical (unpaired) electrons. The summed E-state index contributed by atoms with van der Waals surface area (Å²) in [5.41, 5.74) is 1.08. The van der Waals surface area contributed by atoms with E-state index in [4.69, 9.17) is 9.26 Å². The van der Waals surface area contributed by atoms with Crippen molar-refractivity contribution in [1.29, 1.82) is 0 Å². The standard InChI is InChI=1S/C13H15N3O3/c1-9-4-3-5-11(6-9)18-8-13(17)14-7-12-15-10(2)19-16-12/h3-6H,7-8H2,1-2H3,(H,14,17). The van der Waals surface area contributed by atoms with E-state index < -0.39 is 0 Å². The molecule has 0 fully saturated rings. The van der Waals surface area contributed by atoms with Gasteiger partial charge in [0.05, 0.1) is 6.54 Å². The highest BCUT2D eigenvalue weighted by Crippen LogP contribution is 2.11. The Morgan fingerprint density at radius 3 is 2.95 bits per heavy atom. The fourth-order valence-corrected chi connectivity index (χ4v) is 1.50. The van der Waals surface area contributed by atoms with E-state index in [1.165, 1.54) is 0 Å². The van der Waals surface area contributed by atoms with Crippen LogP contribution in [-0.4, -0.2) is 22.7 Å². The quantitative estimate of drug-likeness (QED) is 0.879. The number of aromatic nitrogens is 2. The molecule has 2 rings (SSSR count). The maximum absolute atomic E-state index is 11.6. The van der Waals surface area contributed by atoms with Crippen molar-refractivity contribution in [3.05, 3.63) is 41.5 Å². The number of amides is 1. The first-order valence-electron chi connectivity index (χ1n) is 5.89. The van der Waals surface area contributed by atoms with Gasteiger partial charge in [-0.25, -0.2) is 0 Å². The average molecular weight is 261 g/mol. The number of carbonyl (C=O) groups excluding carboxylic acids is 1. The molecule has 1 N–H and O–H groups in total. The molecule has 0 unspecified atom stereocenters. The molecule has 100 valence electrons. The second-order valence-electron chi connectivity index (χ2n) is 4.11. The zero-order valence-corrected chi connectivity index (χ0v) is 10.8. The van der Waals surface area contributed by atoms with Crippen LogP contribution in [0.15, 0.2) is 28.8 Å². The summed E-state index contributed by atoms with van der Waals surface area (Å²) >= 11 is 0. The van der Waals surface area contributed by atoms with Gasteiger partial charge in [0.15, 0.2) is 12.4 Å². The van der Waals surface area contributed by atoms with Gasteiger partial charge in [-0.15, -0.1) is 0 Å². The number of rotatable bonds is 5. The van der Waals surface area contributed by atoms with E-state index in [0.29, 0.717) is 17.5 Å². The highest BCUT2D eigenvalue weighted by atomic mass is 16.5. The minimum atomic E-state index is -0.232. The molecule has 1 aromatic heterocycles. The molecule has 0 spiro atoms. The van der Waals surface area contributed by atoms with Crippen LogP contribution in [0.1, 0.15) is 17.3 Å². The van der Waals surface area contributed by atoms with E-state index in [0.717, 1.165) is 5.56 Å². The molecule has 1 heterocycles. The summed E-state index contributed by atoms with van der Waals surface area (Å²) in [5, 5.41) is 6.32. The summed E-state index contributed by atoms with van der Waals surface area (Å²) in [7, 11) is 0. The van der Waals surface area contributed by atoms with E-state index >= 15 is 0 Å². The molecule has 6 nitrogen and oxygen atoms in total. The Kier molecular flexibility index (Phi) is 4.12. The lowest BCUT2D eigenvalue weighted by Crippen LogP contribution is -2.28. The van der Waals surface area contributed by atoms with Crippen LogP contribution < -0.4 is 10.1 Å². The highest BCUT2D eigenvalue weighted by molar-refractivity contribution is 5.77. The highest BCUT2D eigenvalue weighted by Gasteiger charge is 2.06. The fraction of sp³-hybridized carbons (Fsp3) is 0.308. The van der Waals surface area contributed by atoms with Gasteiger partial charge in [0.1, 0.15) is 5.75 Å². The van der Waals surface area contributed by atoms with E-state index in [2.05, 4.69) is 15.5 Å². The van der Waals surface area contributed by atoms with E-state index in [-0.39, 0.29) is 19.1 Å². The van der Waals surface area contributed by atoms with Crippen LogP contribution in [0.2, 0.25) is 0 Å². The van der Waals surface area contributed by atoms with Crippen LogP contribution in [0.5, 0.6) is 5.75 Å². The number of hydrogen-bond acceptors (Lipinski definition) is 5. The van der Waals surface area contributed by atoms with Gasteiger partial charge in [-0.1, -0.05) is 17.3 Å². The molecule has 6 heteroatoms. The molecule has 0 atom stereocenters. The van der Waals surface area contributed by atoms with Crippen molar-refractivity contribution in [3.8, 4) is 5.75 Å². The predicted octanol–water partition coefficient (Wildman–Crippen LogP) is 1.38. The summed E-state index contributed by atoms with van der Waals surface area (Å²) in [6.07, 6.45) is 0. The van der Waals surface area contributed by atoms with Crippen molar-refractivity contribution >= 4 is 5.91 Å². The third-order valence-corrected chi connectivity index (χ3v) is 2.37. The molecule has 0 aliphatic heterocycles. The predicted molar refractivity (Wildman–Crippen MR) is 67.6 cm³/mol. The van der Waals surface area contributed by atoms with Crippen LogP contribution in [0.25, 0.3) is 0 Å². The first-order chi connectivity index (χ1) is 9.13. The lowest BCUT2D eigenvalue weighted by molar-refractivity contribution is -0.123. The van der Waals surface area contributed by atoms with Gasteiger partial charge >= 0.3 is 0 Å². The molecule has 0 saturated heterocycles. The maximum Gasteiger partial charge on any atom is 0.258 e. The second kappa shape index (κ2) is 5.99. The number of benzene rings is 1. The van der Waals surface area contributed by atoms with Crippen LogP contribution in [0, 0.1) is 13.8 Å². The zero-order chi connectivity index (χ0) is 13.7. The van der Waals surface area contributed by atoms with Crippen LogP contribution >= 0.6 is 0 Å². The Bertz CT molecular complexity index is 566. The molecule has 0 aliphatic carbocycles. The van der Waals surface area contributed by atoms with E-state index in [1.807, 2.05) is 31.2 Å². The Morgan fingerprint density at radius 2 is 2.26 bits per heavy atom. The van der Waals surface area contributed by atoms with Gasteiger partial charge in [-0.05, 0) is 24.6 Å². The first kappa shape index (κ1) is 13.1. The minimum absolute atomic E-state index is 0.0414. The maximum atomic E-state index is 11.6. The van der Waals surface area contributed by atoms with Gasteiger partial charge in [0.2, 0.25) is 5.89 Å². The summed E-state index contributed by atoms with van der Waals surface area (Å²) < 4.78 is 10.2. The number of hydrogen-bond donors (Lipinski definition) is 1. The van der Waals surface area contributed by atoms with Crippen LogP contribution in [-0.2, 0) is 11.3 Å². The number of carbonyl (C=O) groups is 1. The van der Waals surface area contributed by atoms with Gasteiger partial charge in [0, 0.05) is 6.92 Å². The van der Waals surface area contributed by atoms with Crippen molar-refractivity contribution in [3.63, 3.8) is 0 Å². The third kappa shape index (κ3) is 4.09. The van der Waals surface area contributed by atoms with Gasteiger partial charge < -0.3 is 14.6 Å². The lowest BCUT2D eigenvalue weighted by Gasteiger charge is -2.06. The Balaban J connectivity index is 1.75. The van der Waals surface area contributed by atoms with Crippen molar-refractivity contribution < 1.29 is 14.1 Å². The van der Waals surface area contributed by atoms with Crippen molar-refractivity contribution in [1.82, 2.24) is 15.5 Å². The Labute approximate surface area is 110 Å². The van der Waals surface area contributed by atoms with Crippen LogP contribution in [0.4, 0.5) is 0 Å². The molecule has 0 saturated carbocycles. The summed E-state index contributed by atoms with van der Waals surface area (Å²) in [4.78, 5) is 15.5. The van der Waals surface area contributed by atoms with E-state index in [1.54, 1.807) is 6.92 Å². The molecular weight excluding hydrogens is 246 g/mol. The number of nitrogens with one attached hydrogen (secondary N) is 1. The molecule has 2 aromatic rings. The SMILES string of the molecule is Cc1cccc(OCC(=O)NCc2noc(C)n2)c1. The van der Waals surface area contributed by atoms with Crippen molar-refractivity contribution in [2.45, 2.75) is 20.4 Å². The Morgan fingerprint density at radius 1 is 1.42 bits per heavy atom.